The van der Waals surface area contributed by atoms with Crippen LogP contribution in [0.1, 0.15) is 69.2 Å². The predicted molar refractivity (Wildman–Crippen MR) is 198 cm³/mol. The zero-order valence-corrected chi connectivity index (χ0v) is 30.8. The summed E-state index contributed by atoms with van der Waals surface area (Å²) in [6, 6.07) is 26.1. The van der Waals surface area contributed by atoms with Crippen molar-refractivity contribution in [2.24, 2.45) is 11.8 Å². The molecule has 7 rings (SSSR count). The molecule has 0 bridgehead atoms. The van der Waals surface area contributed by atoms with Crippen LogP contribution in [0.15, 0.2) is 72.8 Å². The molecule has 0 radical (unpaired) electrons. The van der Waals surface area contributed by atoms with Gasteiger partial charge in [0.1, 0.15) is 11.3 Å². The van der Waals surface area contributed by atoms with Crippen molar-refractivity contribution in [3.63, 3.8) is 0 Å². The van der Waals surface area contributed by atoms with Gasteiger partial charge in [0, 0.05) is 61.7 Å². The van der Waals surface area contributed by atoms with Crippen LogP contribution in [-0.2, 0) is 0 Å². The minimum atomic E-state index is -0.586. The van der Waals surface area contributed by atoms with Gasteiger partial charge in [-0.3, -0.25) is 0 Å². The van der Waals surface area contributed by atoms with Crippen LogP contribution >= 0.6 is 0 Å². The number of benzene rings is 4. The van der Waals surface area contributed by atoms with E-state index in [1.807, 2.05) is 27.7 Å². The van der Waals surface area contributed by atoms with Gasteiger partial charge in [0.15, 0.2) is 0 Å². The van der Waals surface area contributed by atoms with Crippen LogP contribution in [0.2, 0.25) is 0 Å². The maximum Gasteiger partial charge on any atom is 0.106 e. The molecule has 2 aliphatic heterocycles. The van der Waals surface area contributed by atoms with E-state index in [1.165, 1.54) is 44.3 Å². The molecule has 6 nitrogen and oxygen atoms in total. The topological polar surface area (TPSA) is 59.1 Å². The molecule has 46 heavy (non-hydrogen) atoms. The maximum absolute atomic E-state index is 10.7. The number of nitrogens with zero attached hydrogens (tertiary/aromatic N) is 4. The molecule has 0 atom stereocenters. The molecule has 2 heterocycles. The monoisotopic (exact) mass is 626 g/mol. The average Bonchev–Trinajstić information content (AvgIpc) is 3.09. The highest BCUT2D eigenvalue weighted by molar-refractivity contribution is 6.06. The third kappa shape index (κ3) is 6.26. The van der Waals surface area contributed by atoms with Crippen molar-refractivity contribution in [3.8, 4) is 0 Å². The Morgan fingerprint density at radius 2 is 0.674 bits per heavy atom. The lowest BCUT2D eigenvalue weighted by Gasteiger charge is -2.58. The van der Waals surface area contributed by atoms with Crippen LogP contribution in [0.4, 0.5) is 22.7 Å². The van der Waals surface area contributed by atoms with Gasteiger partial charge in [-0.05, 0) is 62.7 Å². The number of anilines is 4. The molecular formula is C40H58N4O2-2. The highest BCUT2D eigenvalue weighted by atomic mass is 16.3. The summed E-state index contributed by atoms with van der Waals surface area (Å²) in [6.45, 7) is 20.5. The second-order valence-electron chi connectivity index (χ2n) is 13.2. The lowest BCUT2D eigenvalue weighted by molar-refractivity contribution is -0.558. The van der Waals surface area contributed by atoms with Crippen molar-refractivity contribution in [3.05, 3.63) is 72.8 Å². The lowest BCUT2D eigenvalue weighted by atomic mass is 9.71. The Bertz CT molecular complexity index is 1370. The van der Waals surface area contributed by atoms with Crippen molar-refractivity contribution in [1.82, 2.24) is 0 Å². The Hall–Kier alpha value is -3.48. The fraction of sp³-hybridized carbons (Fsp3) is 0.500. The summed E-state index contributed by atoms with van der Waals surface area (Å²) in [5, 5.41) is 26.7. The summed E-state index contributed by atoms with van der Waals surface area (Å²) in [5.74, 6) is -0.269. The standard InChI is InChI=1S/2C15H18N2.C6H10O2.2C2H6/c2*1-15(2)16(3)12-9-5-7-11-8-6-10-13(14(11)12)17(15)4;1-3-5(7)4(2)6(3)8;2*1-2/h2*5-10H,1-4H3;3-6H,1-2H3;2*1-2H3/q;;-2;;. The third-order valence-corrected chi connectivity index (χ3v) is 10.5. The van der Waals surface area contributed by atoms with E-state index in [0.29, 0.717) is 0 Å². The molecule has 0 N–H and O–H groups in total. The number of rotatable bonds is 0. The van der Waals surface area contributed by atoms with Crippen molar-refractivity contribution in [2.75, 3.05) is 47.8 Å². The van der Waals surface area contributed by atoms with Crippen molar-refractivity contribution >= 4 is 44.3 Å². The van der Waals surface area contributed by atoms with E-state index in [9.17, 15) is 10.2 Å². The summed E-state index contributed by atoms with van der Waals surface area (Å²) in [7, 11) is 8.67. The van der Waals surface area contributed by atoms with Gasteiger partial charge in [-0.1, -0.05) is 102 Å². The smallest absolute Gasteiger partial charge is 0.106 e. The van der Waals surface area contributed by atoms with Gasteiger partial charge >= 0.3 is 0 Å². The quantitative estimate of drug-likeness (QED) is 0.199. The largest absolute Gasteiger partial charge is 0.852 e. The summed E-state index contributed by atoms with van der Waals surface area (Å²) in [4.78, 5) is 9.40. The van der Waals surface area contributed by atoms with E-state index in [1.54, 1.807) is 13.8 Å². The van der Waals surface area contributed by atoms with Crippen LogP contribution in [0.3, 0.4) is 0 Å². The van der Waals surface area contributed by atoms with Crippen molar-refractivity contribution < 1.29 is 10.2 Å². The van der Waals surface area contributed by atoms with E-state index in [-0.39, 0.29) is 23.2 Å². The molecule has 0 unspecified atom stereocenters. The lowest BCUT2D eigenvalue weighted by Crippen LogP contribution is -2.64. The first-order chi connectivity index (χ1) is 21.7. The molecular weight excluding hydrogens is 568 g/mol. The van der Waals surface area contributed by atoms with Crippen LogP contribution < -0.4 is 29.8 Å². The zero-order valence-electron chi connectivity index (χ0n) is 30.8. The highest BCUT2D eigenvalue weighted by Gasteiger charge is 2.36. The molecule has 3 aliphatic rings. The molecule has 0 saturated heterocycles. The molecule has 0 aromatic heterocycles. The Balaban J connectivity index is 0.000000188. The summed E-state index contributed by atoms with van der Waals surface area (Å²) in [5.41, 5.74) is 5.29. The van der Waals surface area contributed by atoms with E-state index in [4.69, 9.17) is 0 Å². The second kappa shape index (κ2) is 14.5. The molecule has 252 valence electrons. The highest BCUT2D eigenvalue weighted by Crippen LogP contribution is 2.45. The van der Waals surface area contributed by atoms with Gasteiger partial charge in [-0.25, -0.2) is 0 Å². The number of hydrogen-bond donors (Lipinski definition) is 0. The minimum absolute atomic E-state index is 0.00262. The minimum Gasteiger partial charge on any atom is -0.852 e. The Labute approximate surface area is 279 Å². The number of hydrogen-bond acceptors (Lipinski definition) is 6. The Morgan fingerprint density at radius 3 is 0.870 bits per heavy atom. The molecule has 0 amide bonds. The fourth-order valence-corrected chi connectivity index (χ4v) is 6.54. The first-order valence-corrected chi connectivity index (χ1v) is 17.0. The van der Waals surface area contributed by atoms with Gasteiger partial charge in [0.25, 0.3) is 0 Å². The molecule has 1 aliphatic carbocycles. The second-order valence-corrected chi connectivity index (χ2v) is 13.2. The maximum atomic E-state index is 10.7. The van der Waals surface area contributed by atoms with Gasteiger partial charge in [-0.2, -0.15) is 0 Å². The Morgan fingerprint density at radius 1 is 0.457 bits per heavy atom. The molecule has 1 fully saturated rings. The normalized spacial score (nSPS) is 23.0. The first-order valence-electron chi connectivity index (χ1n) is 17.0. The predicted octanol–water partition coefficient (Wildman–Crippen LogP) is 7.71. The molecule has 1 saturated carbocycles. The first kappa shape index (κ1) is 37.0. The van der Waals surface area contributed by atoms with Gasteiger partial charge in [0.2, 0.25) is 0 Å². The van der Waals surface area contributed by atoms with Crippen LogP contribution in [-0.4, -0.2) is 51.7 Å². The van der Waals surface area contributed by atoms with Crippen LogP contribution in [0.25, 0.3) is 21.5 Å². The molecule has 0 spiro atoms. The Kier molecular flexibility index (Phi) is 11.7. The van der Waals surface area contributed by atoms with Crippen molar-refractivity contribution in [1.29, 1.82) is 0 Å². The van der Waals surface area contributed by atoms with Gasteiger partial charge in [0.05, 0.1) is 0 Å². The SMILES string of the molecule is CC.CC.CC1C([O-])C(C)C1[O-].CN1c2cccc3cccc(c23)N(C)C1(C)C.CN1c2cccc3cccc(c23)N(C)C1(C)C. The van der Waals surface area contributed by atoms with Crippen LogP contribution in [0.5, 0.6) is 0 Å². The average molecular weight is 627 g/mol. The van der Waals surface area contributed by atoms with Crippen molar-refractivity contribution in [2.45, 2.75) is 92.8 Å². The summed E-state index contributed by atoms with van der Waals surface area (Å²) in [6.07, 6.45) is -1.17. The fourth-order valence-electron chi connectivity index (χ4n) is 6.54. The molecule has 6 heteroatoms. The van der Waals surface area contributed by atoms with Gasteiger partial charge < -0.3 is 29.8 Å². The van der Waals surface area contributed by atoms with Crippen LogP contribution in [0, 0.1) is 11.8 Å². The molecule has 4 aromatic rings. The third-order valence-electron chi connectivity index (χ3n) is 10.5. The van der Waals surface area contributed by atoms with Gasteiger partial charge in [-0.15, -0.1) is 12.2 Å². The molecule has 4 aromatic carbocycles. The summed E-state index contributed by atoms with van der Waals surface area (Å²) < 4.78 is 0. The van der Waals surface area contributed by atoms with E-state index in [2.05, 4.69) is 148 Å². The zero-order chi connectivity index (χ0) is 34.7. The van der Waals surface area contributed by atoms with E-state index in [0.717, 1.165) is 0 Å². The van der Waals surface area contributed by atoms with E-state index < -0.39 is 12.2 Å². The van der Waals surface area contributed by atoms with E-state index >= 15 is 0 Å². The summed E-state index contributed by atoms with van der Waals surface area (Å²) >= 11 is 0.